The van der Waals surface area contributed by atoms with Gasteiger partial charge in [-0.1, -0.05) is 72.6 Å². The highest BCUT2D eigenvalue weighted by Crippen LogP contribution is 2.29. The SMILES string of the molecule is CC(CNC(=O)c1ccc(CN(c2ccc(Cl)c(Cl)c2)S(C)(=O)=O)cc1)c1ccccc1. The number of anilines is 1. The number of rotatable bonds is 8. The fourth-order valence-electron chi connectivity index (χ4n) is 3.21. The first kappa shape index (κ1) is 24.1. The van der Waals surface area contributed by atoms with Gasteiger partial charge in [-0.05, 0) is 47.4 Å². The first-order chi connectivity index (χ1) is 15.1. The van der Waals surface area contributed by atoms with Gasteiger partial charge in [-0.15, -0.1) is 0 Å². The van der Waals surface area contributed by atoms with E-state index in [-0.39, 0.29) is 23.4 Å². The first-order valence-corrected chi connectivity index (χ1v) is 12.6. The van der Waals surface area contributed by atoms with Crippen molar-refractivity contribution < 1.29 is 13.2 Å². The molecule has 0 fully saturated rings. The molecule has 1 amide bonds. The number of hydrogen-bond acceptors (Lipinski definition) is 3. The average molecular weight is 491 g/mol. The second-order valence-corrected chi connectivity index (χ2v) is 10.3. The maximum absolute atomic E-state index is 12.5. The van der Waals surface area contributed by atoms with Crippen molar-refractivity contribution in [3.05, 3.63) is 99.5 Å². The summed E-state index contributed by atoms with van der Waals surface area (Å²) in [6, 6.07) is 21.5. The lowest BCUT2D eigenvalue weighted by molar-refractivity contribution is 0.0951. The van der Waals surface area contributed by atoms with E-state index < -0.39 is 10.0 Å². The molecule has 1 unspecified atom stereocenters. The number of carbonyl (C=O) groups is 1. The molecular formula is C24H24Cl2N2O3S. The highest BCUT2D eigenvalue weighted by atomic mass is 35.5. The fraction of sp³-hybridized carbons (Fsp3) is 0.208. The molecule has 1 N–H and O–H groups in total. The van der Waals surface area contributed by atoms with Gasteiger partial charge in [0.05, 0.1) is 28.5 Å². The van der Waals surface area contributed by atoms with Crippen molar-refractivity contribution in [2.24, 2.45) is 0 Å². The number of hydrogen-bond donors (Lipinski definition) is 1. The molecule has 8 heteroatoms. The van der Waals surface area contributed by atoms with Crippen LogP contribution in [0.15, 0.2) is 72.8 Å². The third kappa shape index (κ3) is 6.25. The van der Waals surface area contributed by atoms with Crippen molar-refractivity contribution in [1.29, 1.82) is 0 Å². The Hall–Kier alpha value is -2.54. The number of halogens is 2. The lowest BCUT2D eigenvalue weighted by Gasteiger charge is -2.23. The molecule has 3 aromatic rings. The van der Waals surface area contributed by atoms with E-state index >= 15 is 0 Å². The van der Waals surface area contributed by atoms with Gasteiger partial charge in [-0.2, -0.15) is 0 Å². The van der Waals surface area contributed by atoms with Gasteiger partial charge in [0.2, 0.25) is 10.0 Å². The van der Waals surface area contributed by atoms with Crippen molar-refractivity contribution in [1.82, 2.24) is 5.32 Å². The molecule has 5 nitrogen and oxygen atoms in total. The van der Waals surface area contributed by atoms with E-state index in [4.69, 9.17) is 23.2 Å². The Balaban J connectivity index is 1.68. The van der Waals surface area contributed by atoms with Gasteiger partial charge < -0.3 is 5.32 Å². The zero-order valence-electron chi connectivity index (χ0n) is 17.8. The molecule has 0 aliphatic heterocycles. The van der Waals surface area contributed by atoms with Crippen LogP contribution in [0.2, 0.25) is 10.0 Å². The van der Waals surface area contributed by atoms with Gasteiger partial charge in [0.1, 0.15) is 0 Å². The molecule has 0 spiro atoms. The summed E-state index contributed by atoms with van der Waals surface area (Å²) >= 11 is 12.0. The fourth-order valence-corrected chi connectivity index (χ4v) is 4.39. The maximum Gasteiger partial charge on any atom is 0.251 e. The molecule has 32 heavy (non-hydrogen) atoms. The number of nitrogens with zero attached hydrogens (tertiary/aromatic N) is 1. The molecule has 0 aromatic heterocycles. The van der Waals surface area contributed by atoms with Crippen LogP contribution in [0.1, 0.15) is 34.3 Å². The quantitative estimate of drug-likeness (QED) is 0.453. The van der Waals surface area contributed by atoms with E-state index in [0.717, 1.165) is 17.4 Å². The molecule has 0 aliphatic rings. The van der Waals surface area contributed by atoms with Gasteiger partial charge in [0.15, 0.2) is 0 Å². The number of benzene rings is 3. The summed E-state index contributed by atoms with van der Waals surface area (Å²) in [5.41, 5.74) is 2.81. The minimum absolute atomic E-state index is 0.101. The number of nitrogens with one attached hydrogen (secondary N) is 1. The summed E-state index contributed by atoms with van der Waals surface area (Å²) in [5.74, 6) is 0.0118. The van der Waals surface area contributed by atoms with E-state index in [9.17, 15) is 13.2 Å². The molecule has 0 heterocycles. The van der Waals surface area contributed by atoms with Crippen LogP contribution in [0.3, 0.4) is 0 Å². The first-order valence-electron chi connectivity index (χ1n) is 10.00. The summed E-state index contributed by atoms with van der Waals surface area (Å²) < 4.78 is 26.0. The summed E-state index contributed by atoms with van der Waals surface area (Å²) in [5, 5.41) is 3.57. The predicted octanol–water partition coefficient (Wildman–Crippen LogP) is 5.49. The van der Waals surface area contributed by atoms with Crippen LogP contribution in [0.4, 0.5) is 5.69 Å². The third-order valence-corrected chi connectivity index (χ3v) is 6.95. The minimum Gasteiger partial charge on any atom is -0.351 e. The molecular weight excluding hydrogens is 467 g/mol. The molecule has 3 rings (SSSR count). The maximum atomic E-state index is 12.5. The Kier molecular flexibility index (Phi) is 7.82. The van der Waals surface area contributed by atoms with Gasteiger partial charge in [0.25, 0.3) is 5.91 Å². The molecule has 0 saturated heterocycles. The Bertz CT molecular complexity index is 1180. The Morgan fingerprint density at radius 2 is 1.62 bits per heavy atom. The molecule has 168 valence electrons. The smallest absolute Gasteiger partial charge is 0.251 e. The van der Waals surface area contributed by atoms with Crippen LogP contribution in [0.5, 0.6) is 0 Å². The Morgan fingerprint density at radius 3 is 2.22 bits per heavy atom. The van der Waals surface area contributed by atoms with Crippen molar-refractivity contribution in [3.63, 3.8) is 0 Å². The second-order valence-electron chi connectivity index (χ2n) is 7.59. The van der Waals surface area contributed by atoms with E-state index in [1.807, 2.05) is 30.3 Å². The van der Waals surface area contributed by atoms with Crippen LogP contribution < -0.4 is 9.62 Å². The van der Waals surface area contributed by atoms with Crippen molar-refractivity contribution in [2.75, 3.05) is 17.1 Å². The summed E-state index contributed by atoms with van der Waals surface area (Å²) in [6.45, 7) is 2.68. The average Bonchev–Trinajstić information content (AvgIpc) is 2.78. The summed E-state index contributed by atoms with van der Waals surface area (Å²) in [6.07, 6.45) is 1.13. The molecule has 0 aliphatic carbocycles. The van der Waals surface area contributed by atoms with Gasteiger partial charge in [0, 0.05) is 12.1 Å². The largest absolute Gasteiger partial charge is 0.351 e. The normalized spacial score (nSPS) is 12.2. The topological polar surface area (TPSA) is 66.5 Å². The third-order valence-electron chi connectivity index (χ3n) is 5.07. The zero-order chi connectivity index (χ0) is 23.3. The lowest BCUT2D eigenvalue weighted by atomic mass is 10.0. The van der Waals surface area contributed by atoms with Crippen LogP contribution in [-0.4, -0.2) is 27.1 Å². The Morgan fingerprint density at radius 1 is 0.969 bits per heavy atom. The summed E-state index contributed by atoms with van der Waals surface area (Å²) in [4.78, 5) is 12.5. The van der Waals surface area contributed by atoms with Crippen LogP contribution in [0, 0.1) is 0 Å². The van der Waals surface area contributed by atoms with Gasteiger partial charge in [-0.3, -0.25) is 9.10 Å². The molecule has 0 bridgehead atoms. The van der Waals surface area contributed by atoms with Gasteiger partial charge in [-0.25, -0.2) is 8.42 Å². The van der Waals surface area contributed by atoms with E-state index in [0.29, 0.717) is 22.8 Å². The van der Waals surface area contributed by atoms with Crippen LogP contribution >= 0.6 is 23.2 Å². The van der Waals surface area contributed by atoms with Crippen molar-refractivity contribution in [2.45, 2.75) is 19.4 Å². The number of carbonyl (C=O) groups excluding carboxylic acids is 1. The second kappa shape index (κ2) is 10.4. The zero-order valence-corrected chi connectivity index (χ0v) is 20.1. The van der Waals surface area contributed by atoms with Crippen LogP contribution in [-0.2, 0) is 16.6 Å². The number of sulfonamides is 1. The number of amides is 1. The lowest BCUT2D eigenvalue weighted by Crippen LogP contribution is -2.29. The van der Waals surface area contributed by atoms with Crippen molar-refractivity contribution in [3.8, 4) is 0 Å². The molecule has 1 atom stereocenters. The Labute approximate surface area is 199 Å². The van der Waals surface area contributed by atoms with E-state index in [1.165, 1.54) is 10.4 Å². The molecule has 0 radical (unpaired) electrons. The highest BCUT2D eigenvalue weighted by molar-refractivity contribution is 7.92. The molecule has 0 saturated carbocycles. The van der Waals surface area contributed by atoms with Crippen molar-refractivity contribution >= 4 is 44.8 Å². The van der Waals surface area contributed by atoms with E-state index in [2.05, 4.69) is 12.2 Å². The van der Waals surface area contributed by atoms with Gasteiger partial charge >= 0.3 is 0 Å². The van der Waals surface area contributed by atoms with Crippen LogP contribution in [0.25, 0.3) is 0 Å². The van der Waals surface area contributed by atoms with E-state index in [1.54, 1.807) is 36.4 Å². The predicted molar refractivity (Wildman–Crippen MR) is 131 cm³/mol. The standard InChI is InChI=1S/C24H24Cl2N2O3S/c1-17(19-6-4-3-5-7-19)15-27-24(29)20-10-8-18(9-11-20)16-28(32(2,30)31)21-12-13-22(25)23(26)14-21/h3-14,17H,15-16H2,1-2H3,(H,27,29). The monoisotopic (exact) mass is 490 g/mol. The minimum atomic E-state index is -3.56. The summed E-state index contributed by atoms with van der Waals surface area (Å²) in [7, 11) is -3.56. The molecule has 3 aromatic carbocycles. The highest BCUT2D eigenvalue weighted by Gasteiger charge is 2.19.